The van der Waals surface area contributed by atoms with Crippen LogP contribution in [0.3, 0.4) is 0 Å². The van der Waals surface area contributed by atoms with Gasteiger partial charge in [-0.2, -0.15) is 8.78 Å². The molecular weight excluding hydrogens is 407 g/mol. The first-order valence-electron chi connectivity index (χ1n) is 6.77. The number of benzene rings is 1. The van der Waals surface area contributed by atoms with Crippen molar-refractivity contribution < 1.29 is 18.3 Å². The van der Waals surface area contributed by atoms with Crippen molar-refractivity contribution in [1.82, 2.24) is 5.32 Å². The highest BCUT2D eigenvalue weighted by atomic mass is 127. The molecular formula is C14H22F2IN3O2. The Balaban J connectivity index is 0.00000441. The monoisotopic (exact) mass is 429 g/mol. The Morgan fingerprint density at radius 2 is 2.18 bits per heavy atom. The lowest BCUT2D eigenvalue weighted by Gasteiger charge is -2.07. The van der Waals surface area contributed by atoms with Crippen molar-refractivity contribution in [2.45, 2.75) is 26.5 Å². The average Bonchev–Trinajstić information content (AvgIpc) is 2.44. The molecule has 0 fully saturated rings. The first kappa shape index (κ1) is 20.8. The Morgan fingerprint density at radius 3 is 2.86 bits per heavy atom. The Hall–Kier alpha value is -1.16. The van der Waals surface area contributed by atoms with Gasteiger partial charge in [-0.25, -0.2) is 4.99 Å². The van der Waals surface area contributed by atoms with Crippen LogP contribution in [-0.2, 0) is 11.3 Å². The summed E-state index contributed by atoms with van der Waals surface area (Å²) >= 11 is 0. The van der Waals surface area contributed by atoms with Crippen molar-refractivity contribution in [3.05, 3.63) is 29.8 Å². The van der Waals surface area contributed by atoms with Crippen LogP contribution in [0.25, 0.3) is 0 Å². The molecule has 1 rings (SSSR count). The summed E-state index contributed by atoms with van der Waals surface area (Å²) in [4.78, 5) is 4.13. The van der Waals surface area contributed by atoms with Crippen molar-refractivity contribution in [1.29, 1.82) is 0 Å². The number of ether oxygens (including phenoxy) is 2. The Kier molecular flexibility index (Phi) is 11.7. The second-order valence-electron chi connectivity index (χ2n) is 4.20. The fourth-order valence-corrected chi connectivity index (χ4v) is 1.59. The predicted molar refractivity (Wildman–Crippen MR) is 92.9 cm³/mol. The molecule has 3 N–H and O–H groups in total. The SMILES string of the molecule is CCOCCCNC(N)=NCc1cccc(OC(F)F)c1.I. The van der Waals surface area contributed by atoms with Gasteiger partial charge >= 0.3 is 6.61 Å². The first-order valence-corrected chi connectivity index (χ1v) is 6.77. The minimum atomic E-state index is -2.83. The van der Waals surface area contributed by atoms with Crippen LogP contribution in [0.4, 0.5) is 8.78 Å². The van der Waals surface area contributed by atoms with E-state index in [4.69, 9.17) is 10.5 Å². The lowest BCUT2D eigenvalue weighted by Crippen LogP contribution is -2.32. The second kappa shape index (κ2) is 12.4. The van der Waals surface area contributed by atoms with Crippen molar-refractivity contribution in [3.63, 3.8) is 0 Å². The van der Waals surface area contributed by atoms with Gasteiger partial charge in [-0.3, -0.25) is 0 Å². The molecule has 8 heteroatoms. The van der Waals surface area contributed by atoms with E-state index in [1.54, 1.807) is 12.1 Å². The molecule has 0 amide bonds. The Bertz CT molecular complexity index is 448. The number of nitrogens with one attached hydrogen (secondary N) is 1. The van der Waals surface area contributed by atoms with Gasteiger partial charge in [-0.15, -0.1) is 24.0 Å². The summed E-state index contributed by atoms with van der Waals surface area (Å²) < 4.78 is 33.7. The van der Waals surface area contributed by atoms with Gasteiger partial charge in [0.15, 0.2) is 5.96 Å². The second-order valence-corrected chi connectivity index (χ2v) is 4.20. The number of aliphatic imine (C=N–C) groups is 1. The van der Waals surface area contributed by atoms with Crippen LogP contribution in [-0.4, -0.2) is 32.3 Å². The molecule has 0 bridgehead atoms. The molecule has 5 nitrogen and oxygen atoms in total. The van der Waals surface area contributed by atoms with Gasteiger partial charge in [0.1, 0.15) is 5.75 Å². The predicted octanol–water partition coefficient (Wildman–Crippen LogP) is 2.74. The molecule has 126 valence electrons. The summed E-state index contributed by atoms with van der Waals surface area (Å²) in [6.45, 7) is 1.44. The van der Waals surface area contributed by atoms with Crippen molar-refractivity contribution in [2.75, 3.05) is 19.8 Å². The zero-order chi connectivity index (χ0) is 15.5. The van der Waals surface area contributed by atoms with Crippen LogP contribution in [0.5, 0.6) is 5.75 Å². The third-order valence-electron chi connectivity index (χ3n) is 2.53. The maximum Gasteiger partial charge on any atom is 0.387 e. The number of nitrogens with two attached hydrogens (primary N) is 1. The van der Waals surface area contributed by atoms with Gasteiger partial charge in [0.2, 0.25) is 0 Å². The molecule has 0 unspecified atom stereocenters. The van der Waals surface area contributed by atoms with E-state index in [2.05, 4.69) is 15.0 Å². The Labute approximate surface area is 146 Å². The number of guanidine groups is 1. The third-order valence-corrected chi connectivity index (χ3v) is 2.53. The molecule has 0 aliphatic carbocycles. The fraction of sp³-hybridized carbons (Fsp3) is 0.500. The van der Waals surface area contributed by atoms with E-state index in [0.29, 0.717) is 32.3 Å². The lowest BCUT2D eigenvalue weighted by molar-refractivity contribution is -0.0498. The molecule has 0 aromatic heterocycles. The molecule has 0 saturated heterocycles. The maximum atomic E-state index is 12.1. The van der Waals surface area contributed by atoms with E-state index in [-0.39, 0.29) is 29.7 Å². The maximum absolute atomic E-state index is 12.1. The van der Waals surface area contributed by atoms with Gasteiger partial charge in [0.05, 0.1) is 6.54 Å². The van der Waals surface area contributed by atoms with E-state index in [0.717, 1.165) is 12.0 Å². The number of rotatable bonds is 9. The van der Waals surface area contributed by atoms with Gasteiger partial charge in [-0.05, 0) is 31.0 Å². The molecule has 0 aliphatic rings. The van der Waals surface area contributed by atoms with Crippen LogP contribution >= 0.6 is 24.0 Å². The van der Waals surface area contributed by atoms with Crippen molar-refractivity contribution in [2.24, 2.45) is 10.7 Å². The zero-order valence-electron chi connectivity index (χ0n) is 12.4. The van der Waals surface area contributed by atoms with Gasteiger partial charge < -0.3 is 20.5 Å². The van der Waals surface area contributed by atoms with Crippen molar-refractivity contribution >= 4 is 29.9 Å². The van der Waals surface area contributed by atoms with Gasteiger partial charge in [-0.1, -0.05) is 12.1 Å². The van der Waals surface area contributed by atoms with E-state index in [1.807, 2.05) is 6.92 Å². The van der Waals surface area contributed by atoms with E-state index in [1.165, 1.54) is 12.1 Å². The normalized spacial score (nSPS) is 11.2. The number of hydrogen-bond acceptors (Lipinski definition) is 3. The number of alkyl halides is 2. The first-order chi connectivity index (χ1) is 10.1. The average molecular weight is 429 g/mol. The summed E-state index contributed by atoms with van der Waals surface area (Å²) in [7, 11) is 0. The highest BCUT2D eigenvalue weighted by molar-refractivity contribution is 14.0. The molecule has 0 spiro atoms. The summed E-state index contributed by atoms with van der Waals surface area (Å²) in [5.41, 5.74) is 6.44. The van der Waals surface area contributed by atoms with Crippen LogP contribution in [0, 0.1) is 0 Å². The topological polar surface area (TPSA) is 68.9 Å². The molecule has 22 heavy (non-hydrogen) atoms. The van der Waals surface area contributed by atoms with E-state index >= 15 is 0 Å². The lowest BCUT2D eigenvalue weighted by atomic mass is 10.2. The summed E-state index contributed by atoms with van der Waals surface area (Å²) in [6.07, 6.45) is 0.835. The number of nitrogens with zero attached hydrogens (tertiary/aromatic N) is 1. The standard InChI is InChI=1S/C14H21F2N3O2.HI/c1-2-20-8-4-7-18-14(17)19-10-11-5-3-6-12(9-11)21-13(15)16;/h3,5-6,9,13H,2,4,7-8,10H2,1H3,(H3,17,18,19);1H. The van der Waals surface area contributed by atoms with Crippen LogP contribution in [0.15, 0.2) is 29.3 Å². The van der Waals surface area contributed by atoms with Crippen LogP contribution < -0.4 is 15.8 Å². The summed E-state index contributed by atoms with van der Waals surface area (Å²) in [5.74, 6) is 0.424. The molecule has 0 radical (unpaired) electrons. The fourth-order valence-electron chi connectivity index (χ4n) is 1.59. The minimum absolute atomic E-state index is 0. The molecule has 1 aromatic carbocycles. The van der Waals surface area contributed by atoms with E-state index < -0.39 is 6.61 Å². The molecule has 0 atom stereocenters. The quantitative estimate of drug-likeness (QED) is 0.274. The molecule has 0 aliphatic heterocycles. The van der Waals surface area contributed by atoms with Crippen LogP contribution in [0.2, 0.25) is 0 Å². The number of halogens is 3. The summed E-state index contributed by atoms with van der Waals surface area (Å²) in [6, 6.07) is 6.38. The minimum Gasteiger partial charge on any atom is -0.435 e. The summed E-state index contributed by atoms with van der Waals surface area (Å²) in [5, 5.41) is 2.96. The third kappa shape index (κ3) is 9.72. The highest BCUT2D eigenvalue weighted by Crippen LogP contribution is 2.16. The van der Waals surface area contributed by atoms with Gasteiger partial charge in [0.25, 0.3) is 0 Å². The molecule has 1 aromatic rings. The van der Waals surface area contributed by atoms with Crippen molar-refractivity contribution in [3.8, 4) is 5.75 Å². The smallest absolute Gasteiger partial charge is 0.387 e. The molecule has 0 saturated carbocycles. The zero-order valence-corrected chi connectivity index (χ0v) is 14.8. The largest absolute Gasteiger partial charge is 0.435 e. The molecule has 0 heterocycles. The van der Waals surface area contributed by atoms with Gasteiger partial charge in [0, 0.05) is 19.8 Å². The number of hydrogen-bond donors (Lipinski definition) is 2. The van der Waals surface area contributed by atoms with E-state index in [9.17, 15) is 8.78 Å². The highest BCUT2D eigenvalue weighted by Gasteiger charge is 2.04. The van der Waals surface area contributed by atoms with Crippen LogP contribution in [0.1, 0.15) is 18.9 Å². The Morgan fingerprint density at radius 1 is 1.41 bits per heavy atom.